The highest BCUT2D eigenvalue weighted by atomic mass is 16.5. The third kappa shape index (κ3) is 5.68. The van der Waals surface area contributed by atoms with Gasteiger partial charge in [-0.15, -0.1) is 0 Å². The molecule has 0 atom stereocenters. The van der Waals surface area contributed by atoms with Gasteiger partial charge in [-0.25, -0.2) is 4.79 Å². The molecule has 0 spiro atoms. The molecule has 1 saturated heterocycles. The van der Waals surface area contributed by atoms with Gasteiger partial charge in [-0.2, -0.15) is 5.26 Å². The Balaban J connectivity index is 1.65. The van der Waals surface area contributed by atoms with Crippen LogP contribution in [0.1, 0.15) is 16.7 Å². The van der Waals surface area contributed by atoms with Crippen LogP contribution in [0.3, 0.4) is 0 Å². The van der Waals surface area contributed by atoms with Crippen LogP contribution in [0.4, 0.5) is 4.79 Å². The van der Waals surface area contributed by atoms with Crippen molar-refractivity contribution in [2.75, 3.05) is 19.7 Å². The Morgan fingerprint density at radius 1 is 0.722 bits per heavy atom. The molecule has 0 N–H and O–H groups in total. The summed E-state index contributed by atoms with van der Waals surface area (Å²) in [6.07, 6.45) is 2.37. The maximum absolute atomic E-state index is 13.4. The number of nitriles is 1. The SMILES string of the molecule is N#CCOc1ccccc1C=C1C(=O)N(CCc2ccccc2)C(=O)N(CCc2ccccc2)C1=O. The lowest BCUT2D eigenvalue weighted by molar-refractivity contribution is -0.135. The van der Waals surface area contributed by atoms with Crippen LogP contribution in [0, 0.1) is 11.3 Å². The van der Waals surface area contributed by atoms with E-state index in [9.17, 15) is 14.4 Å². The van der Waals surface area contributed by atoms with E-state index >= 15 is 0 Å². The summed E-state index contributed by atoms with van der Waals surface area (Å²) in [5.41, 5.74) is 2.31. The Bertz CT molecular complexity index is 1250. The summed E-state index contributed by atoms with van der Waals surface area (Å²) < 4.78 is 5.46. The topological polar surface area (TPSA) is 90.7 Å². The molecule has 180 valence electrons. The number of nitrogens with zero attached hydrogens (tertiary/aromatic N) is 3. The van der Waals surface area contributed by atoms with Gasteiger partial charge in [-0.05, 0) is 36.1 Å². The van der Waals surface area contributed by atoms with Crippen molar-refractivity contribution < 1.29 is 19.1 Å². The fourth-order valence-electron chi connectivity index (χ4n) is 3.99. The number of carbonyl (C=O) groups is 3. The third-order valence-corrected chi connectivity index (χ3v) is 5.86. The second kappa shape index (κ2) is 11.6. The summed E-state index contributed by atoms with van der Waals surface area (Å²) in [4.78, 5) is 42.4. The van der Waals surface area contributed by atoms with Crippen LogP contribution >= 0.6 is 0 Å². The van der Waals surface area contributed by atoms with Crippen LogP contribution in [-0.2, 0) is 22.4 Å². The molecular formula is C29H25N3O4. The number of urea groups is 1. The standard InChI is InChI=1S/C29H25N3O4/c30-17-20-36-26-14-8-7-13-24(26)21-25-27(33)31(18-15-22-9-3-1-4-10-22)29(35)32(28(25)34)19-16-23-11-5-2-6-12-23/h1-14,21H,15-16,18-20H2. The Morgan fingerprint density at radius 3 is 1.75 bits per heavy atom. The van der Waals surface area contributed by atoms with Crippen LogP contribution in [0.15, 0.2) is 90.5 Å². The molecule has 1 fully saturated rings. The van der Waals surface area contributed by atoms with Gasteiger partial charge in [-0.3, -0.25) is 19.4 Å². The number of carbonyl (C=O) groups excluding carboxylic acids is 3. The molecule has 0 aromatic heterocycles. The van der Waals surface area contributed by atoms with Crippen molar-refractivity contribution in [2.24, 2.45) is 0 Å². The van der Waals surface area contributed by atoms with Crippen LogP contribution in [0.5, 0.6) is 5.75 Å². The van der Waals surface area contributed by atoms with Crippen molar-refractivity contribution in [3.8, 4) is 11.8 Å². The van der Waals surface area contributed by atoms with Crippen LogP contribution in [-0.4, -0.2) is 47.3 Å². The second-order valence-corrected chi connectivity index (χ2v) is 8.21. The average molecular weight is 480 g/mol. The summed E-state index contributed by atoms with van der Waals surface area (Å²) in [5, 5.41) is 8.88. The summed E-state index contributed by atoms with van der Waals surface area (Å²) in [6.45, 7) is 0.106. The van der Waals surface area contributed by atoms with Gasteiger partial charge in [0.2, 0.25) is 0 Å². The van der Waals surface area contributed by atoms with Gasteiger partial charge in [0.05, 0.1) is 0 Å². The van der Waals surface area contributed by atoms with E-state index in [-0.39, 0.29) is 25.3 Å². The molecule has 0 saturated carbocycles. The van der Waals surface area contributed by atoms with Gasteiger partial charge in [0.25, 0.3) is 11.8 Å². The third-order valence-electron chi connectivity index (χ3n) is 5.86. The van der Waals surface area contributed by atoms with Gasteiger partial charge in [0.1, 0.15) is 17.4 Å². The normalized spacial score (nSPS) is 13.5. The quantitative estimate of drug-likeness (QED) is 0.338. The lowest BCUT2D eigenvalue weighted by atomic mass is 10.0. The number of amides is 4. The lowest BCUT2D eigenvalue weighted by Gasteiger charge is -2.34. The Labute approximate surface area is 209 Å². The first kappa shape index (κ1) is 24.4. The van der Waals surface area contributed by atoms with E-state index in [1.54, 1.807) is 24.3 Å². The Hall–Kier alpha value is -4.70. The summed E-state index contributed by atoms with van der Waals surface area (Å²) in [5.74, 6) is -0.922. The van der Waals surface area contributed by atoms with Crippen LogP contribution < -0.4 is 4.74 Å². The van der Waals surface area contributed by atoms with Crippen molar-refractivity contribution in [1.82, 2.24) is 9.80 Å². The van der Waals surface area contributed by atoms with Gasteiger partial charge in [0, 0.05) is 18.7 Å². The van der Waals surface area contributed by atoms with Crippen molar-refractivity contribution in [3.63, 3.8) is 0 Å². The minimum atomic E-state index is -0.646. The number of para-hydroxylation sites is 1. The molecule has 3 aromatic rings. The number of hydrogen-bond donors (Lipinski definition) is 0. The number of barbiturate groups is 1. The molecule has 7 nitrogen and oxygen atoms in total. The first-order valence-corrected chi connectivity index (χ1v) is 11.6. The number of hydrogen-bond acceptors (Lipinski definition) is 5. The van der Waals surface area contributed by atoms with E-state index in [2.05, 4.69) is 0 Å². The van der Waals surface area contributed by atoms with E-state index < -0.39 is 17.8 Å². The Morgan fingerprint density at radius 2 is 1.22 bits per heavy atom. The number of benzene rings is 3. The van der Waals surface area contributed by atoms with Crippen molar-refractivity contribution in [3.05, 3.63) is 107 Å². The van der Waals surface area contributed by atoms with Crippen molar-refractivity contribution in [1.29, 1.82) is 5.26 Å². The zero-order chi connectivity index (χ0) is 25.3. The van der Waals surface area contributed by atoms with Crippen molar-refractivity contribution >= 4 is 23.9 Å². The maximum Gasteiger partial charge on any atom is 0.333 e. The first-order valence-electron chi connectivity index (χ1n) is 11.6. The molecule has 4 rings (SSSR count). The number of rotatable bonds is 9. The molecule has 1 heterocycles. The zero-order valence-corrected chi connectivity index (χ0v) is 19.7. The van der Waals surface area contributed by atoms with Crippen LogP contribution in [0.25, 0.3) is 6.08 Å². The molecule has 0 bridgehead atoms. The van der Waals surface area contributed by atoms with E-state index in [0.717, 1.165) is 20.9 Å². The summed E-state index contributed by atoms with van der Waals surface area (Å²) >= 11 is 0. The number of imide groups is 2. The Kier molecular flexibility index (Phi) is 7.89. The van der Waals surface area contributed by atoms with E-state index in [0.29, 0.717) is 24.2 Å². The van der Waals surface area contributed by atoms with Gasteiger partial charge < -0.3 is 4.74 Å². The fourth-order valence-corrected chi connectivity index (χ4v) is 3.99. The molecule has 4 amide bonds. The monoisotopic (exact) mass is 479 g/mol. The summed E-state index contributed by atoms with van der Waals surface area (Å²) in [6, 6.07) is 27.2. The van der Waals surface area contributed by atoms with Gasteiger partial charge in [-0.1, -0.05) is 78.9 Å². The highest BCUT2D eigenvalue weighted by Crippen LogP contribution is 2.25. The molecule has 3 aromatic carbocycles. The predicted octanol–water partition coefficient (Wildman–Crippen LogP) is 4.25. The lowest BCUT2D eigenvalue weighted by Crippen LogP contribution is -2.57. The first-order chi connectivity index (χ1) is 17.6. The minimum Gasteiger partial charge on any atom is -0.478 e. The molecule has 1 aliphatic rings. The van der Waals surface area contributed by atoms with E-state index in [4.69, 9.17) is 10.00 Å². The van der Waals surface area contributed by atoms with E-state index in [1.165, 1.54) is 6.08 Å². The molecule has 0 unspecified atom stereocenters. The zero-order valence-electron chi connectivity index (χ0n) is 19.7. The highest BCUT2D eigenvalue weighted by Gasteiger charge is 2.41. The fraction of sp³-hybridized carbons (Fsp3) is 0.172. The smallest absolute Gasteiger partial charge is 0.333 e. The van der Waals surface area contributed by atoms with Crippen LogP contribution in [0.2, 0.25) is 0 Å². The van der Waals surface area contributed by atoms with Gasteiger partial charge >= 0.3 is 6.03 Å². The summed E-state index contributed by atoms with van der Waals surface area (Å²) in [7, 11) is 0. The molecule has 36 heavy (non-hydrogen) atoms. The van der Waals surface area contributed by atoms with E-state index in [1.807, 2.05) is 66.7 Å². The molecule has 0 aliphatic carbocycles. The van der Waals surface area contributed by atoms with Gasteiger partial charge in [0.15, 0.2) is 6.61 Å². The molecule has 0 radical (unpaired) electrons. The maximum atomic E-state index is 13.4. The molecule has 7 heteroatoms. The van der Waals surface area contributed by atoms with Crippen molar-refractivity contribution in [2.45, 2.75) is 12.8 Å². The predicted molar refractivity (Wildman–Crippen MR) is 135 cm³/mol. The number of ether oxygens (including phenoxy) is 1. The second-order valence-electron chi connectivity index (χ2n) is 8.21. The largest absolute Gasteiger partial charge is 0.478 e. The average Bonchev–Trinajstić information content (AvgIpc) is 2.91. The molecular weight excluding hydrogens is 454 g/mol. The highest BCUT2D eigenvalue weighted by molar-refractivity contribution is 6.31. The molecule has 1 aliphatic heterocycles. The minimum absolute atomic E-state index is 0.122.